The first-order valence-electron chi connectivity index (χ1n) is 5.83. The SMILES string of the molecule is Cc1ccc(C2=[N+]([O-])c3ccc(Br)cc3C2=O)cc1. The Labute approximate surface area is 118 Å². The van der Waals surface area contributed by atoms with Crippen molar-refractivity contribution in [1.29, 1.82) is 0 Å². The van der Waals surface area contributed by atoms with Crippen molar-refractivity contribution in [3.63, 3.8) is 0 Å². The molecule has 0 aliphatic carbocycles. The zero-order chi connectivity index (χ0) is 13.6. The summed E-state index contributed by atoms with van der Waals surface area (Å²) in [4.78, 5) is 12.3. The molecular weight excluding hydrogens is 306 g/mol. The van der Waals surface area contributed by atoms with Crippen LogP contribution in [-0.2, 0) is 0 Å². The summed E-state index contributed by atoms with van der Waals surface area (Å²) in [6.07, 6.45) is 0. The molecule has 1 heterocycles. The van der Waals surface area contributed by atoms with E-state index in [2.05, 4.69) is 15.9 Å². The van der Waals surface area contributed by atoms with E-state index in [9.17, 15) is 10.0 Å². The molecule has 0 radical (unpaired) electrons. The second kappa shape index (κ2) is 4.31. The largest absolute Gasteiger partial charge is 0.618 e. The van der Waals surface area contributed by atoms with Gasteiger partial charge in [-0.05, 0) is 31.2 Å². The van der Waals surface area contributed by atoms with Gasteiger partial charge in [0.05, 0.1) is 5.56 Å². The fraction of sp³-hybridized carbons (Fsp3) is 0.0667. The molecule has 0 fully saturated rings. The highest BCUT2D eigenvalue weighted by Crippen LogP contribution is 2.30. The first kappa shape index (κ1) is 12.1. The third kappa shape index (κ3) is 1.88. The molecule has 1 aliphatic heterocycles. The molecule has 0 unspecified atom stereocenters. The van der Waals surface area contributed by atoms with Crippen LogP contribution >= 0.6 is 15.9 Å². The number of halogens is 1. The van der Waals surface area contributed by atoms with Gasteiger partial charge in [-0.15, -0.1) is 0 Å². The number of aryl methyl sites for hydroxylation is 1. The van der Waals surface area contributed by atoms with Crippen molar-refractivity contribution in [1.82, 2.24) is 0 Å². The van der Waals surface area contributed by atoms with Gasteiger partial charge in [0.1, 0.15) is 5.56 Å². The van der Waals surface area contributed by atoms with Crippen LogP contribution < -0.4 is 0 Å². The fourth-order valence-electron chi connectivity index (χ4n) is 2.17. The molecule has 3 nitrogen and oxygen atoms in total. The van der Waals surface area contributed by atoms with Crippen molar-refractivity contribution in [2.45, 2.75) is 6.92 Å². The molecule has 19 heavy (non-hydrogen) atoms. The maximum Gasteiger partial charge on any atom is 0.272 e. The fourth-order valence-corrected chi connectivity index (χ4v) is 2.53. The lowest BCUT2D eigenvalue weighted by Gasteiger charge is -2.02. The predicted molar refractivity (Wildman–Crippen MR) is 77.0 cm³/mol. The van der Waals surface area contributed by atoms with Gasteiger partial charge in [-0.1, -0.05) is 33.6 Å². The van der Waals surface area contributed by atoms with Crippen molar-refractivity contribution in [3.8, 4) is 0 Å². The number of hydrogen-bond acceptors (Lipinski definition) is 2. The second-order valence-electron chi connectivity index (χ2n) is 4.50. The van der Waals surface area contributed by atoms with Crippen LogP contribution in [0.3, 0.4) is 0 Å². The molecule has 0 saturated heterocycles. The summed E-state index contributed by atoms with van der Waals surface area (Å²) in [6.45, 7) is 1.96. The molecule has 94 valence electrons. The third-order valence-electron chi connectivity index (χ3n) is 3.17. The number of carbonyl (C=O) groups is 1. The molecule has 2 aromatic rings. The summed E-state index contributed by atoms with van der Waals surface area (Å²) < 4.78 is 1.51. The average Bonchev–Trinajstić information content (AvgIpc) is 2.63. The Morgan fingerprint density at radius 1 is 1.11 bits per heavy atom. The Bertz CT molecular complexity index is 717. The number of carbonyl (C=O) groups excluding carboxylic acids is 1. The van der Waals surface area contributed by atoms with Gasteiger partial charge in [0.25, 0.3) is 11.5 Å². The summed E-state index contributed by atoms with van der Waals surface area (Å²) >= 11 is 3.32. The maximum absolute atomic E-state index is 12.3. The van der Waals surface area contributed by atoms with Gasteiger partial charge in [0, 0.05) is 10.5 Å². The van der Waals surface area contributed by atoms with E-state index in [1.54, 1.807) is 30.3 Å². The number of ketones is 1. The Kier molecular flexibility index (Phi) is 2.75. The minimum atomic E-state index is -0.227. The molecule has 0 aromatic heterocycles. The van der Waals surface area contributed by atoms with Crippen molar-refractivity contribution in [3.05, 3.63) is 68.8 Å². The molecule has 2 aromatic carbocycles. The number of nitrogens with zero attached hydrogens (tertiary/aromatic N) is 1. The molecule has 0 saturated carbocycles. The van der Waals surface area contributed by atoms with Gasteiger partial charge in [0.15, 0.2) is 0 Å². The van der Waals surface area contributed by atoms with E-state index in [-0.39, 0.29) is 11.5 Å². The number of fused-ring (bicyclic) bond motifs is 1. The lowest BCUT2D eigenvalue weighted by atomic mass is 10.0. The van der Waals surface area contributed by atoms with Crippen molar-refractivity contribution >= 4 is 33.1 Å². The van der Waals surface area contributed by atoms with Crippen LogP contribution in [0.15, 0.2) is 46.9 Å². The molecule has 4 heteroatoms. The van der Waals surface area contributed by atoms with Gasteiger partial charge in [-0.25, -0.2) is 0 Å². The molecule has 0 amide bonds. The van der Waals surface area contributed by atoms with Gasteiger partial charge in [-0.3, -0.25) is 4.79 Å². The van der Waals surface area contributed by atoms with Gasteiger partial charge in [0.2, 0.25) is 5.69 Å². The highest BCUT2D eigenvalue weighted by atomic mass is 79.9. The monoisotopic (exact) mass is 315 g/mol. The maximum atomic E-state index is 12.3. The molecule has 0 bridgehead atoms. The van der Waals surface area contributed by atoms with E-state index >= 15 is 0 Å². The van der Waals surface area contributed by atoms with Crippen molar-refractivity contribution in [2.75, 3.05) is 0 Å². The Morgan fingerprint density at radius 2 is 1.79 bits per heavy atom. The Morgan fingerprint density at radius 3 is 2.47 bits per heavy atom. The summed E-state index contributed by atoms with van der Waals surface area (Å²) in [5.41, 5.74) is 2.78. The van der Waals surface area contributed by atoms with E-state index < -0.39 is 0 Å². The first-order valence-corrected chi connectivity index (χ1v) is 6.63. The highest BCUT2D eigenvalue weighted by molar-refractivity contribution is 9.10. The van der Waals surface area contributed by atoms with Crippen molar-refractivity contribution < 1.29 is 9.53 Å². The topological polar surface area (TPSA) is 43.1 Å². The number of rotatable bonds is 1. The normalized spacial score (nSPS) is 13.9. The second-order valence-corrected chi connectivity index (χ2v) is 5.42. The molecular formula is C15H10BrNO2. The quantitative estimate of drug-likeness (QED) is 0.596. The van der Waals surface area contributed by atoms with E-state index in [1.165, 1.54) is 0 Å². The van der Waals surface area contributed by atoms with Crippen LogP contribution in [0.4, 0.5) is 5.69 Å². The molecule has 1 aliphatic rings. The Hall–Kier alpha value is -1.94. The van der Waals surface area contributed by atoms with Gasteiger partial charge in [-0.2, -0.15) is 4.74 Å². The summed E-state index contributed by atoms with van der Waals surface area (Å²) in [5, 5.41) is 12.2. The van der Waals surface area contributed by atoms with Crippen LogP contribution in [0.1, 0.15) is 21.5 Å². The van der Waals surface area contributed by atoms with E-state index in [0.717, 1.165) is 14.8 Å². The lowest BCUT2D eigenvalue weighted by Crippen LogP contribution is -2.16. The van der Waals surface area contributed by atoms with Crippen molar-refractivity contribution in [2.24, 2.45) is 0 Å². The summed E-state index contributed by atoms with van der Waals surface area (Å²) in [5.74, 6) is -0.227. The van der Waals surface area contributed by atoms with Crippen LogP contribution in [0.5, 0.6) is 0 Å². The molecule has 0 N–H and O–H groups in total. The van der Waals surface area contributed by atoms with Crippen LogP contribution in [0.25, 0.3) is 0 Å². The van der Waals surface area contributed by atoms with Crippen LogP contribution in [-0.4, -0.2) is 16.2 Å². The van der Waals surface area contributed by atoms with E-state index in [4.69, 9.17) is 0 Å². The zero-order valence-corrected chi connectivity index (χ0v) is 11.8. The molecule has 0 atom stereocenters. The molecule has 0 spiro atoms. The van der Waals surface area contributed by atoms with Crippen LogP contribution in [0.2, 0.25) is 0 Å². The number of hydrogen-bond donors (Lipinski definition) is 0. The Balaban J connectivity index is 2.17. The number of Topliss-reactive ketones (excluding diaryl/α,β-unsaturated/α-hetero) is 1. The van der Waals surface area contributed by atoms with Gasteiger partial charge >= 0.3 is 0 Å². The first-order chi connectivity index (χ1) is 9.08. The van der Waals surface area contributed by atoms with E-state index in [1.807, 2.05) is 19.1 Å². The molecule has 3 rings (SSSR count). The van der Waals surface area contributed by atoms with Gasteiger partial charge < -0.3 is 5.21 Å². The van der Waals surface area contributed by atoms with E-state index in [0.29, 0.717) is 16.8 Å². The summed E-state index contributed by atoms with van der Waals surface area (Å²) in [7, 11) is 0. The predicted octanol–water partition coefficient (Wildman–Crippen LogP) is 3.58. The summed E-state index contributed by atoms with van der Waals surface area (Å²) in [6, 6.07) is 12.5. The minimum Gasteiger partial charge on any atom is -0.618 e. The smallest absolute Gasteiger partial charge is 0.272 e. The minimum absolute atomic E-state index is 0.188. The lowest BCUT2D eigenvalue weighted by molar-refractivity contribution is -0.355. The van der Waals surface area contributed by atoms with Crippen LogP contribution in [0, 0.1) is 12.1 Å². The average molecular weight is 316 g/mol. The third-order valence-corrected chi connectivity index (χ3v) is 3.66. The zero-order valence-electron chi connectivity index (χ0n) is 10.2. The standard InChI is InChI=1S/C15H10BrNO2/c1-9-2-4-10(5-3-9)14-15(18)12-8-11(16)6-7-13(12)17(14)19/h2-8H,1H3. The number of benzene rings is 2. The highest BCUT2D eigenvalue weighted by Gasteiger charge is 2.36.